The van der Waals surface area contributed by atoms with Crippen molar-refractivity contribution in [2.75, 3.05) is 11.9 Å². The van der Waals surface area contributed by atoms with Gasteiger partial charge in [-0.15, -0.1) is 0 Å². The zero-order valence-corrected chi connectivity index (χ0v) is 17.5. The monoisotopic (exact) mass is 472 g/mol. The lowest BCUT2D eigenvalue weighted by Crippen LogP contribution is -2.29. The second-order valence-electron chi connectivity index (χ2n) is 6.10. The molecule has 148 valence electrons. The summed E-state index contributed by atoms with van der Waals surface area (Å²) in [5.41, 5.74) is 1.37. The van der Waals surface area contributed by atoms with Gasteiger partial charge >= 0.3 is 0 Å². The second-order valence-corrected chi connectivity index (χ2v) is 8.78. The van der Waals surface area contributed by atoms with Gasteiger partial charge < -0.3 is 5.32 Å². The summed E-state index contributed by atoms with van der Waals surface area (Å²) < 4.78 is 28.0. The van der Waals surface area contributed by atoms with Crippen LogP contribution in [0.4, 0.5) is 5.69 Å². The molecule has 0 radical (unpaired) electrons. The van der Waals surface area contributed by atoms with Gasteiger partial charge in [0.25, 0.3) is 5.91 Å². The highest BCUT2D eigenvalue weighted by Gasteiger charge is 2.16. The minimum Gasteiger partial charge on any atom is -0.322 e. The van der Waals surface area contributed by atoms with Crippen LogP contribution in [-0.2, 0) is 10.0 Å². The van der Waals surface area contributed by atoms with Crippen LogP contribution in [0.5, 0.6) is 0 Å². The predicted octanol–water partition coefficient (Wildman–Crippen LogP) is 3.86. The van der Waals surface area contributed by atoms with Crippen LogP contribution in [0.2, 0.25) is 0 Å². The third-order valence-corrected chi connectivity index (χ3v) is 5.99. The molecule has 0 aliphatic heterocycles. The summed E-state index contributed by atoms with van der Waals surface area (Å²) in [4.78, 5) is 24.3. The molecule has 0 aliphatic carbocycles. The maximum absolute atomic E-state index is 12.4. The topological polar surface area (TPSA) is 92.3 Å². The molecule has 0 aliphatic rings. The van der Waals surface area contributed by atoms with Crippen LogP contribution in [0.1, 0.15) is 20.7 Å². The smallest absolute Gasteiger partial charge is 0.255 e. The summed E-state index contributed by atoms with van der Waals surface area (Å²) in [5.74, 6) is -0.632. The van der Waals surface area contributed by atoms with E-state index in [4.69, 9.17) is 0 Å². The van der Waals surface area contributed by atoms with Gasteiger partial charge in [0.1, 0.15) is 0 Å². The van der Waals surface area contributed by atoms with Crippen molar-refractivity contribution in [3.63, 3.8) is 0 Å². The molecule has 0 atom stereocenters. The Morgan fingerprint density at radius 3 is 2.03 bits per heavy atom. The third kappa shape index (κ3) is 5.60. The number of ketones is 1. The number of amides is 1. The molecule has 0 saturated carbocycles. The number of hydrogen-bond acceptors (Lipinski definition) is 4. The first kappa shape index (κ1) is 20.9. The SMILES string of the molecule is O=C(CNS(=O)(=O)c1ccc(NC(=O)c2ccc(Br)cc2)cc1)c1ccccc1. The van der Waals surface area contributed by atoms with E-state index in [0.717, 1.165) is 4.47 Å². The zero-order valence-electron chi connectivity index (χ0n) is 15.1. The van der Waals surface area contributed by atoms with E-state index in [1.54, 1.807) is 54.6 Å². The quantitative estimate of drug-likeness (QED) is 0.510. The molecule has 3 aromatic carbocycles. The highest BCUT2D eigenvalue weighted by atomic mass is 79.9. The largest absolute Gasteiger partial charge is 0.322 e. The van der Waals surface area contributed by atoms with Crippen molar-refractivity contribution in [3.05, 3.63) is 94.5 Å². The predicted molar refractivity (Wildman–Crippen MR) is 114 cm³/mol. The summed E-state index contributed by atoms with van der Waals surface area (Å²) in [6.45, 7) is -0.339. The summed E-state index contributed by atoms with van der Waals surface area (Å²) in [6.07, 6.45) is 0. The second kappa shape index (κ2) is 9.13. The summed E-state index contributed by atoms with van der Waals surface area (Å²) >= 11 is 3.31. The summed E-state index contributed by atoms with van der Waals surface area (Å²) in [7, 11) is -3.85. The maximum atomic E-state index is 12.4. The Kier molecular flexibility index (Phi) is 6.58. The van der Waals surface area contributed by atoms with E-state index in [0.29, 0.717) is 16.8 Å². The van der Waals surface area contributed by atoms with Gasteiger partial charge in [0.2, 0.25) is 10.0 Å². The van der Waals surface area contributed by atoms with Gasteiger partial charge in [-0.1, -0.05) is 46.3 Å². The number of carbonyl (C=O) groups is 2. The summed E-state index contributed by atoms with van der Waals surface area (Å²) in [5, 5.41) is 2.70. The van der Waals surface area contributed by atoms with Crippen molar-refractivity contribution < 1.29 is 18.0 Å². The van der Waals surface area contributed by atoms with Crippen molar-refractivity contribution in [2.45, 2.75) is 4.90 Å². The van der Waals surface area contributed by atoms with Gasteiger partial charge in [-0.2, -0.15) is 0 Å². The maximum Gasteiger partial charge on any atom is 0.255 e. The average Bonchev–Trinajstić information content (AvgIpc) is 2.73. The molecule has 0 saturated heterocycles. The molecule has 0 fully saturated rings. The first-order valence-electron chi connectivity index (χ1n) is 8.60. The number of anilines is 1. The van der Waals surface area contributed by atoms with Crippen LogP contribution in [0.15, 0.2) is 88.2 Å². The first-order valence-corrected chi connectivity index (χ1v) is 10.9. The highest BCUT2D eigenvalue weighted by Crippen LogP contribution is 2.16. The van der Waals surface area contributed by atoms with Gasteiger partial charge in [-0.05, 0) is 48.5 Å². The molecule has 3 aromatic rings. The van der Waals surface area contributed by atoms with Crippen molar-refractivity contribution in [1.82, 2.24) is 4.72 Å². The minimum atomic E-state index is -3.85. The number of nitrogens with one attached hydrogen (secondary N) is 2. The molecule has 0 bridgehead atoms. The Balaban J connectivity index is 1.63. The standard InChI is InChI=1S/C21H17BrN2O4S/c22-17-8-6-16(7-9-17)21(26)24-18-10-12-19(13-11-18)29(27,28)23-14-20(25)15-4-2-1-3-5-15/h1-13,23H,14H2,(H,24,26). The van der Waals surface area contributed by atoms with Gasteiger partial charge in [0.05, 0.1) is 11.4 Å². The number of Topliss-reactive ketones (excluding diaryl/α,β-unsaturated/α-hetero) is 1. The van der Waals surface area contributed by atoms with E-state index in [1.807, 2.05) is 0 Å². The van der Waals surface area contributed by atoms with Crippen molar-refractivity contribution in [3.8, 4) is 0 Å². The van der Waals surface area contributed by atoms with E-state index in [2.05, 4.69) is 26.0 Å². The van der Waals surface area contributed by atoms with Crippen LogP contribution >= 0.6 is 15.9 Å². The number of hydrogen-bond donors (Lipinski definition) is 2. The Morgan fingerprint density at radius 2 is 1.41 bits per heavy atom. The Labute approximate surface area is 177 Å². The van der Waals surface area contributed by atoms with Crippen LogP contribution in [0.25, 0.3) is 0 Å². The lowest BCUT2D eigenvalue weighted by Gasteiger charge is -2.09. The molecule has 8 heteroatoms. The van der Waals surface area contributed by atoms with Gasteiger partial charge in [0.15, 0.2) is 5.78 Å². The number of benzene rings is 3. The lowest BCUT2D eigenvalue weighted by atomic mass is 10.1. The molecule has 0 aromatic heterocycles. The van der Waals surface area contributed by atoms with E-state index in [9.17, 15) is 18.0 Å². The fourth-order valence-corrected chi connectivity index (χ4v) is 3.74. The minimum absolute atomic E-state index is 0.00000217. The number of halogens is 1. The molecule has 2 N–H and O–H groups in total. The number of carbonyl (C=O) groups excluding carboxylic acids is 2. The van der Waals surface area contributed by atoms with Crippen LogP contribution in [-0.4, -0.2) is 26.7 Å². The fourth-order valence-electron chi connectivity index (χ4n) is 2.49. The molecule has 3 rings (SSSR count). The van der Waals surface area contributed by atoms with Gasteiger partial charge in [-0.25, -0.2) is 13.1 Å². The van der Waals surface area contributed by atoms with Crippen molar-refractivity contribution >= 4 is 43.3 Å². The fraction of sp³-hybridized carbons (Fsp3) is 0.0476. The van der Waals surface area contributed by atoms with Crippen molar-refractivity contribution in [1.29, 1.82) is 0 Å². The molecule has 0 spiro atoms. The molecular formula is C21H17BrN2O4S. The molecule has 6 nitrogen and oxygen atoms in total. The highest BCUT2D eigenvalue weighted by molar-refractivity contribution is 9.10. The van der Waals surface area contributed by atoms with Gasteiger partial charge in [0, 0.05) is 21.3 Å². The Bertz CT molecular complexity index is 1110. The van der Waals surface area contributed by atoms with Crippen molar-refractivity contribution in [2.24, 2.45) is 0 Å². The van der Waals surface area contributed by atoms with E-state index in [1.165, 1.54) is 24.3 Å². The van der Waals surface area contributed by atoms with Crippen LogP contribution < -0.4 is 10.0 Å². The first-order chi connectivity index (χ1) is 13.8. The molecule has 1 amide bonds. The number of rotatable bonds is 7. The molecular weight excluding hydrogens is 456 g/mol. The normalized spacial score (nSPS) is 11.1. The van der Waals surface area contributed by atoms with E-state index >= 15 is 0 Å². The molecule has 29 heavy (non-hydrogen) atoms. The molecule has 0 heterocycles. The van der Waals surface area contributed by atoms with Crippen LogP contribution in [0.3, 0.4) is 0 Å². The molecule has 0 unspecified atom stereocenters. The van der Waals surface area contributed by atoms with E-state index < -0.39 is 10.0 Å². The van der Waals surface area contributed by atoms with Gasteiger partial charge in [-0.3, -0.25) is 9.59 Å². The zero-order chi connectivity index (χ0) is 20.9. The summed E-state index contributed by atoms with van der Waals surface area (Å²) in [6, 6.07) is 21.0. The average molecular weight is 473 g/mol. The third-order valence-electron chi connectivity index (χ3n) is 4.05. The lowest BCUT2D eigenvalue weighted by molar-refractivity contribution is 0.0994. The Hall–Kier alpha value is -2.81. The van der Waals surface area contributed by atoms with E-state index in [-0.39, 0.29) is 23.1 Å². The Morgan fingerprint density at radius 1 is 0.793 bits per heavy atom. The number of sulfonamides is 1. The van der Waals surface area contributed by atoms with Crippen LogP contribution in [0, 0.1) is 0 Å².